The molecule has 3 N–H and O–H groups in total. The number of aliphatic hydroxyl groups is 2. The fraction of sp³-hybridized carbons (Fsp3) is 0.846. The third kappa shape index (κ3) is 40.8. The van der Waals surface area contributed by atoms with Crippen LogP contribution in [0.1, 0.15) is 258 Å². The molecule has 340 valence electrons. The molecule has 0 bridgehead atoms. The van der Waals surface area contributed by atoms with Crippen molar-refractivity contribution in [2.75, 3.05) is 6.61 Å². The number of unbranched alkanes of at least 4 members (excludes halogenated alkanes) is 27. The average Bonchev–Trinajstić information content (AvgIpc) is 3.22. The Morgan fingerprint density at radius 2 is 0.931 bits per heavy atom. The third-order valence-corrected chi connectivity index (χ3v) is 11.5. The average molecular weight is 816 g/mol. The predicted octanol–water partition coefficient (Wildman–Crippen LogP) is 14.9. The Morgan fingerprint density at radius 3 is 1.47 bits per heavy atom. The molecule has 0 saturated heterocycles. The molecule has 0 spiro atoms. The minimum Gasteiger partial charge on any atom is -0.462 e. The SMILES string of the molecule is CC/C=C/C/C=C/CCCCCCCCCC(=O)OC(CCCCC/C=C\CCCCC)CC(=O)NC(CO)C(O)CCCCCCCCCCCCCCCCC. The Hall–Kier alpha value is -1.92. The second-order valence-electron chi connectivity index (χ2n) is 17.2. The molecule has 0 aliphatic rings. The van der Waals surface area contributed by atoms with Gasteiger partial charge in [-0.25, -0.2) is 0 Å². The summed E-state index contributed by atoms with van der Waals surface area (Å²) in [7, 11) is 0. The molecule has 0 aliphatic heterocycles. The number of carbonyl (C=O) groups excluding carboxylic acids is 2. The molecule has 0 rings (SSSR count). The Bertz CT molecular complexity index is 961. The topological polar surface area (TPSA) is 95.9 Å². The van der Waals surface area contributed by atoms with E-state index in [1.54, 1.807) is 0 Å². The van der Waals surface area contributed by atoms with Crippen LogP contribution in [0, 0.1) is 0 Å². The number of ether oxygens (including phenoxy) is 1. The van der Waals surface area contributed by atoms with Crippen LogP contribution in [-0.4, -0.2) is 46.9 Å². The molecule has 3 unspecified atom stereocenters. The van der Waals surface area contributed by atoms with Gasteiger partial charge >= 0.3 is 5.97 Å². The summed E-state index contributed by atoms with van der Waals surface area (Å²) < 4.78 is 5.90. The second-order valence-corrected chi connectivity index (χ2v) is 17.2. The molecule has 6 nitrogen and oxygen atoms in total. The maximum Gasteiger partial charge on any atom is 0.306 e. The van der Waals surface area contributed by atoms with Crippen LogP contribution in [0.5, 0.6) is 0 Å². The maximum atomic E-state index is 13.2. The zero-order chi connectivity index (χ0) is 42.4. The van der Waals surface area contributed by atoms with E-state index in [9.17, 15) is 19.8 Å². The zero-order valence-corrected chi connectivity index (χ0v) is 38.7. The first-order valence-electron chi connectivity index (χ1n) is 25.2. The first-order chi connectivity index (χ1) is 28.5. The van der Waals surface area contributed by atoms with Crippen LogP contribution in [-0.2, 0) is 14.3 Å². The summed E-state index contributed by atoms with van der Waals surface area (Å²) >= 11 is 0. The molecule has 0 radical (unpaired) electrons. The van der Waals surface area contributed by atoms with Crippen molar-refractivity contribution in [1.82, 2.24) is 5.32 Å². The van der Waals surface area contributed by atoms with Crippen LogP contribution in [0.2, 0.25) is 0 Å². The number of esters is 1. The fourth-order valence-corrected chi connectivity index (χ4v) is 7.64. The Labute approximate surface area is 360 Å². The van der Waals surface area contributed by atoms with Crippen LogP contribution in [0.15, 0.2) is 36.5 Å². The Balaban J connectivity index is 4.49. The standard InChI is InChI=1S/C52H97NO5/c1-4-7-10-13-16-19-22-24-26-27-29-32-35-38-41-44-50(55)49(47-54)53-51(56)46-48(43-40-37-34-31-21-18-15-12-9-6-3)58-52(57)45-42-39-36-33-30-28-25-23-20-17-14-11-8-5-2/h8,11,17-18,20-21,48-50,54-55H,4-7,9-10,12-16,19,22-47H2,1-3H3,(H,53,56)/b11-8+,20-17+,21-18-. The van der Waals surface area contributed by atoms with Gasteiger partial charge < -0.3 is 20.3 Å². The van der Waals surface area contributed by atoms with Crippen LogP contribution < -0.4 is 5.32 Å². The number of hydrogen-bond donors (Lipinski definition) is 3. The van der Waals surface area contributed by atoms with Crippen molar-refractivity contribution < 1.29 is 24.5 Å². The first kappa shape index (κ1) is 56.1. The number of amides is 1. The van der Waals surface area contributed by atoms with Gasteiger partial charge in [0.15, 0.2) is 0 Å². The highest BCUT2D eigenvalue weighted by molar-refractivity contribution is 5.77. The lowest BCUT2D eigenvalue weighted by Crippen LogP contribution is -2.46. The summed E-state index contributed by atoms with van der Waals surface area (Å²) in [6.07, 6.45) is 53.5. The molecule has 0 fully saturated rings. The lowest BCUT2D eigenvalue weighted by molar-refractivity contribution is -0.151. The third-order valence-electron chi connectivity index (χ3n) is 11.5. The van der Waals surface area contributed by atoms with E-state index in [1.807, 2.05) is 0 Å². The molecular weight excluding hydrogens is 719 g/mol. The summed E-state index contributed by atoms with van der Waals surface area (Å²) in [6, 6.07) is -0.705. The quantitative estimate of drug-likeness (QED) is 0.0323. The van der Waals surface area contributed by atoms with E-state index in [1.165, 1.54) is 128 Å². The van der Waals surface area contributed by atoms with E-state index < -0.39 is 18.2 Å². The first-order valence-corrected chi connectivity index (χ1v) is 25.2. The molecule has 0 saturated carbocycles. The highest BCUT2D eigenvalue weighted by Crippen LogP contribution is 2.18. The van der Waals surface area contributed by atoms with Crippen molar-refractivity contribution in [3.63, 3.8) is 0 Å². The summed E-state index contributed by atoms with van der Waals surface area (Å²) in [4.78, 5) is 26.0. The molecule has 0 heterocycles. The van der Waals surface area contributed by atoms with E-state index in [0.29, 0.717) is 19.3 Å². The molecular formula is C52H97NO5. The highest BCUT2D eigenvalue weighted by Gasteiger charge is 2.24. The summed E-state index contributed by atoms with van der Waals surface area (Å²) in [5, 5.41) is 23.7. The Kier molecular flexibility index (Phi) is 44.6. The van der Waals surface area contributed by atoms with Gasteiger partial charge in [-0.2, -0.15) is 0 Å². The minimum atomic E-state index is -0.790. The van der Waals surface area contributed by atoms with Gasteiger partial charge in [0, 0.05) is 6.42 Å². The number of aliphatic hydroxyl groups excluding tert-OH is 2. The smallest absolute Gasteiger partial charge is 0.306 e. The van der Waals surface area contributed by atoms with Crippen molar-refractivity contribution in [3.8, 4) is 0 Å². The summed E-state index contributed by atoms with van der Waals surface area (Å²) in [6.45, 7) is 6.35. The largest absolute Gasteiger partial charge is 0.462 e. The van der Waals surface area contributed by atoms with Gasteiger partial charge in [-0.3, -0.25) is 9.59 Å². The van der Waals surface area contributed by atoms with Crippen molar-refractivity contribution in [1.29, 1.82) is 0 Å². The molecule has 0 aliphatic carbocycles. The van der Waals surface area contributed by atoms with Gasteiger partial charge in [-0.05, 0) is 77.0 Å². The minimum absolute atomic E-state index is 0.0654. The van der Waals surface area contributed by atoms with Gasteiger partial charge in [0.2, 0.25) is 5.91 Å². The fourth-order valence-electron chi connectivity index (χ4n) is 7.64. The number of allylic oxidation sites excluding steroid dienone is 6. The van der Waals surface area contributed by atoms with E-state index in [2.05, 4.69) is 62.5 Å². The molecule has 6 heteroatoms. The van der Waals surface area contributed by atoms with Gasteiger partial charge in [0.25, 0.3) is 0 Å². The van der Waals surface area contributed by atoms with E-state index in [4.69, 9.17) is 4.74 Å². The Morgan fingerprint density at radius 1 is 0.517 bits per heavy atom. The second kappa shape index (κ2) is 46.2. The lowest BCUT2D eigenvalue weighted by Gasteiger charge is -2.24. The molecule has 58 heavy (non-hydrogen) atoms. The monoisotopic (exact) mass is 816 g/mol. The summed E-state index contributed by atoms with van der Waals surface area (Å²) in [5.41, 5.74) is 0. The van der Waals surface area contributed by atoms with Crippen LogP contribution in [0.3, 0.4) is 0 Å². The summed E-state index contributed by atoms with van der Waals surface area (Å²) in [5.74, 6) is -0.494. The number of carbonyl (C=O) groups is 2. The van der Waals surface area contributed by atoms with Crippen LogP contribution in [0.25, 0.3) is 0 Å². The molecule has 1 amide bonds. The normalized spacial score (nSPS) is 13.5. The van der Waals surface area contributed by atoms with Crippen LogP contribution >= 0.6 is 0 Å². The van der Waals surface area contributed by atoms with E-state index in [-0.39, 0.29) is 24.9 Å². The molecule has 0 aromatic rings. The molecule has 0 aromatic carbocycles. The van der Waals surface area contributed by atoms with Gasteiger partial charge in [0.1, 0.15) is 6.10 Å². The molecule has 0 aromatic heterocycles. The lowest BCUT2D eigenvalue weighted by atomic mass is 10.0. The van der Waals surface area contributed by atoms with Crippen molar-refractivity contribution in [3.05, 3.63) is 36.5 Å². The predicted molar refractivity (Wildman–Crippen MR) is 250 cm³/mol. The van der Waals surface area contributed by atoms with E-state index in [0.717, 1.165) is 83.5 Å². The van der Waals surface area contributed by atoms with E-state index >= 15 is 0 Å². The zero-order valence-electron chi connectivity index (χ0n) is 38.7. The van der Waals surface area contributed by atoms with Crippen molar-refractivity contribution in [2.24, 2.45) is 0 Å². The van der Waals surface area contributed by atoms with Crippen molar-refractivity contribution >= 4 is 11.9 Å². The number of hydrogen-bond acceptors (Lipinski definition) is 5. The van der Waals surface area contributed by atoms with Gasteiger partial charge in [-0.1, -0.05) is 205 Å². The van der Waals surface area contributed by atoms with Gasteiger partial charge in [-0.15, -0.1) is 0 Å². The van der Waals surface area contributed by atoms with Gasteiger partial charge in [0.05, 0.1) is 25.2 Å². The van der Waals surface area contributed by atoms with Crippen molar-refractivity contribution in [2.45, 2.75) is 277 Å². The van der Waals surface area contributed by atoms with Crippen LogP contribution in [0.4, 0.5) is 0 Å². The highest BCUT2D eigenvalue weighted by atomic mass is 16.5. The maximum absolute atomic E-state index is 13.2. The molecule has 3 atom stereocenters. The number of rotatable bonds is 45. The number of nitrogens with one attached hydrogen (secondary N) is 1.